The molecule has 0 aliphatic carbocycles. The third kappa shape index (κ3) is 3.51. The number of thioether (sulfide) groups is 1. The van der Waals surface area contributed by atoms with Gasteiger partial charge in [0.15, 0.2) is 5.16 Å². The Morgan fingerprint density at radius 3 is 2.65 bits per heavy atom. The van der Waals surface area contributed by atoms with Crippen LogP contribution in [0.3, 0.4) is 0 Å². The van der Waals surface area contributed by atoms with Crippen LogP contribution in [-0.2, 0) is 5.75 Å². The van der Waals surface area contributed by atoms with Gasteiger partial charge in [-0.3, -0.25) is 0 Å². The van der Waals surface area contributed by atoms with Crippen molar-refractivity contribution in [2.45, 2.75) is 17.8 Å². The van der Waals surface area contributed by atoms with E-state index in [-0.39, 0.29) is 5.82 Å². The molecule has 0 amide bonds. The zero-order valence-electron chi connectivity index (χ0n) is 9.15. The Kier molecular flexibility index (Phi) is 4.12. The molecule has 0 bridgehead atoms. The number of benzene rings is 1. The number of hydrogen-bond acceptors (Lipinski definition) is 3. The molecule has 17 heavy (non-hydrogen) atoms. The van der Waals surface area contributed by atoms with Gasteiger partial charge in [-0.2, -0.15) is 0 Å². The monoisotopic (exact) mass is 312 g/mol. The van der Waals surface area contributed by atoms with Crippen LogP contribution < -0.4 is 0 Å². The van der Waals surface area contributed by atoms with Crippen molar-refractivity contribution in [3.63, 3.8) is 0 Å². The average Bonchev–Trinajstić information content (AvgIpc) is 2.30. The highest BCUT2D eigenvalue weighted by atomic mass is 79.9. The summed E-state index contributed by atoms with van der Waals surface area (Å²) in [4.78, 5) is 8.32. The maximum Gasteiger partial charge on any atom is 0.187 e. The van der Waals surface area contributed by atoms with Gasteiger partial charge in [-0.1, -0.05) is 33.8 Å². The molecule has 2 aromatic rings. The minimum Gasteiger partial charge on any atom is -0.231 e. The average molecular weight is 313 g/mol. The lowest BCUT2D eigenvalue weighted by Gasteiger charge is -2.03. The summed E-state index contributed by atoms with van der Waals surface area (Å²) >= 11 is 4.65. The maximum absolute atomic E-state index is 13.5. The molecule has 1 heterocycles. The van der Waals surface area contributed by atoms with Crippen LogP contribution in [0.15, 0.2) is 40.2 Å². The number of halogens is 2. The molecule has 1 aromatic carbocycles. The van der Waals surface area contributed by atoms with Crippen molar-refractivity contribution in [2.24, 2.45) is 0 Å². The molecular formula is C12H10BrFN2S. The zero-order valence-corrected chi connectivity index (χ0v) is 11.6. The van der Waals surface area contributed by atoms with Crippen molar-refractivity contribution < 1.29 is 4.39 Å². The van der Waals surface area contributed by atoms with E-state index in [2.05, 4.69) is 25.9 Å². The Balaban J connectivity index is 2.04. The van der Waals surface area contributed by atoms with Crippen molar-refractivity contribution in [1.82, 2.24) is 9.97 Å². The van der Waals surface area contributed by atoms with E-state index in [1.807, 2.05) is 13.0 Å². The predicted octanol–water partition coefficient (Wildman–Crippen LogP) is 3.98. The minimum atomic E-state index is -0.209. The molecule has 2 nitrogen and oxygen atoms in total. The lowest BCUT2D eigenvalue weighted by molar-refractivity contribution is 0.616. The summed E-state index contributed by atoms with van der Waals surface area (Å²) in [5.41, 5.74) is 1.67. The van der Waals surface area contributed by atoms with Crippen LogP contribution in [0, 0.1) is 12.7 Å². The quantitative estimate of drug-likeness (QED) is 0.633. The summed E-state index contributed by atoms with van der Waals surface area (Å²) in [5, 5.41) is 0.665. The van der Waals surface area contributed by atoms with Gasteiger partial charge in [0, 0.05) is 22.6 Å². The van der Waals surface area contributed by atoms with E-state index in [1.54, 1.807) is 18.5 Å². The van der Waals surface area contributed by atoms with Gasteiger partial charge in [0.1, 0.15) is 5.82 Å². The van der Waals surface area contributed by atoms with Crippen molar-refractivity contribution in [3.8, 4) is 0 Å². The molecule has 0 fully saturated rings. The molecule has 0 unspecified atom stereocenters. The Labute approximate surface area is 112 Å². The Bertz CT molecular complexity index is 516. The van der Waals surface area contributed by atoms with E-state index in [4.69, 9.17) is 0 Å². The molecular weight excluding hydrogens is 303 g/mol. The van der Waals surface area contributed by atoms with Gasteiger partial charge in [0.05, 0.1) is 0 Å². The lowest BCUT2D eigenvalue weighted by Crippen LogP contribution is -1.90. The van der Waals surface area contributed by atoms with E-state index >= 15 is 0 Å². The number of hydrogen-bond donors (Lipinski definition) is 0. The third-order valence-electron chi connectivity index (χ3n) is 2.13. The van der Waals surface area contributed by atoms with Gasteiger partial charge >= 0.3 is 0 Å². The molecule has 0 aliphatic heterocycles. The minimum absolute atomic E-state index is 0.209. The van der Waals surface area contributed by atoms with E-state index in [0.29, 0.717) is 16.5 Å². The summed E-state index contributed by atoms with van der Waals surface area (Å²) in [6.07, 6.45) is 3.51. The smallest absolute Gasteiger partial charge is 0.187 e. The SMILES string of the molecule is Cc1cnc(SCc2ccc(Br)cc2F)nc1. The van der Waals surface area contributed by atoms with Crippen LogP contribution in [0.1, 0.15) is 11.1 Å². The molecule has 0 saturated heterocycles. The fraction of sp³-hybridized carbons (Fsp3) is 0.167. The first-order valence-electron chi connectivity index (χ1n) is 5.00. The van der Waals surface area contributed by atoms with Crippen LogP contribution in [-0.4, -0.2) is 9.97 Å². The van der Waals surface area contributed by atoms with Crippen molar-refractivity contribution >= 4 is 27.7 Å². The molecule has 0 radical (unpaired) electrons. The first-order valence-corrected chi connectivity index (χ1v) is 6.78. The predicted molar refractivity (Wildman–Crippen MR) is 70.4 cm³/mol. The Hall–Kier alpha value is -0.940. The fourth-order valence-corrected chi connectivity index (χ4v) is 2.34. The molecule has 0 N–H and O–H groups in total. The number of nitrogens with zero attached hydrogens (tertiary/aromatic N) is 2. The zero-order chi connectivity index (χ0) is 12.3. The fourth-order valence-electron chi connectivity index (χ4n) is 1.24. The first kappa shape index (κ1) is 12.5. The second kappa shape index (κ2) is 5.60. The van der Waals surface area contributed by atoms with Gasteiger partial charge in [-0.25, -0.2) is 14.4 Å². The first-order chi connectivity index (χ1) is 8.15. The standard InChI is InChI=1S/C12H10BrFN2S/c1-8-5-15-12(16-6-8)17-7-9-2-3-10(13)4-11(9)14/h2-6H,7H2,1H3. The summed E-state index contributed by atoms with van der Waals surface area (Å²) in [7, 11) is 0. The molecule has 1 aromatic heterocycles. The van der Waals surface area contributed by atoms with Gasteiger partial charge < -0.3 is 0 Å². The van der Waals surface area contributed by atoms with Gasteiger partial charge in [-0.05, 0) is 30.2 Å². The summed E-state index contributed by atoms with van der Waals surface area (Å²) in [5.74, 6) is 0.321. The van der Waals surface area contributed by atoms with Crippen LogP contribution in [0.4, 0.5) is 4.39 Å². The van der Waals surface area contributed by atoms with Crippen LogP contribution in [0.2, 0.25) is 0 Å². The van der Waals surface area contributed by atoms with Crippen molar-refractivity contribution in [1.29, 1.82) is 0 Å². The molecule has 5 heteroatoms. The third-order valence-corrected chi connectivity index (χ3v) is 3.55. The number of aromatic nitrogens is 2. The van der Waals surface area contributed by atoms with Crippen molar-refractivity contribution in [3.05, 3.63) is 52.0 Å². The van der Waals surface area contributed by atoms with Crippen LogP contribution in [0.5, 0.6) is 0 Å². The lowest BCUT2D eigenvalue weighted by atomic mass is 10.2. The second-order valence-corrected chi connectivity index (χ2v) is 5.43. The normalized spacial score (nSPS) is 10.5. The Morgan fingerprint density at radius 2 is 2.00 bits per heavy atom. The number of aryl methyl sites for hydroxylation is 1. The highest BCUT2D eigenvalue weighted by molar-refractivity contribution is 9.10. The molecule has 88 valence electrons. The molecule has 0 atom stereocenters. The highest BCUT2D eigenvalue weighted by Gasteiger charge is 2.04. The van der Waals surface area contributed by atoms with E-state index in [9.17, 15) is 4.39 Å². The maximum atomic E-state index is 13.5. The highest BCUT2D eigenvalue weighted by Crippen LogP contribution is 2.22. The van der Waals surface area contributed by atoms with Crippen LogP contribution in [0.25, 0.3) is 0 Å². The molecule has 2 rings (SSSR count). The van der Waals surface area contributed by atoms with E-state index < -0.39 is 0 Å². The Morgan fingerprint density at radius 1 is 1.29 bits per heavy atom. The molecule has 0 spiro atoms. The molecule has 0 aliphatic rings. The summed E-state index contributed by atoms with van der Waals surface area (Å²) in [6.45, 7) is 1.93. The number of rotatable bonds is 3. The van der Waals surface area contributed by atoms with Crippen LogP contribution >= 0.6 is 27.7 Å². The summed E-state index contributed by atoms with van der Waals surface area (Å²) in [6, 6.07) is 5.06. The molecule has 0 saturated carbocycles. The van der Waals surface area contributed by atoms with Gasteiger partial charge in [0.25, 0.3) is 0 Å². The van der Waals surface area contributed by atoms with E-state index in [0.717, 1.165) is 10.0 Å². The van der Waals surface area contributed by atoms with E-state index in [1.165, 1.54) is 17.8 Å². The summed E-state index contributed by atoms with van der Waals surface area (Å²) < 4.78 is 14.3. The largest absolute Gasteiger partial charge is 0.231 e. The topological polar surface area (TPSA) is 25.8 Å². The van der Waals surface area contributed by atoms with Crippen molar-refractivity contribution in [2.75, 3.05) is 0 Å². The van der Waals surface area contributed by atoms with Gasteiger partial charge in [0.2, 0.25) is 0 Å². The van der Waals surface area contributed by atoms with Gasteiger partial charge in [-0.15, -0.1) is 0 Å². The second-order valence-electron chi connectivity index (χ2n) is 3.57.